The molecule has 0 aliphatic heterocycles. The second-order valence-electron chi connectivity index (χ2n) is 4.13. The molecule has 8 nitrogen and oxygen atoms in total. The number of aromatic nitrogens is 4. The minimum absolute atomic E-state index is 0.119. The number of nitrogens with one attached hydrogen (secondary N) is 1. The van der Waals surface area contributed by atoms with Crippen LogP contribution in [0.2, 0.25) is 0 Å². The van der Waals surface area contributed by atoms with Crippen LogP contribution in [0.5, 0.6) is 5.75 Å². The Bertz CT molecular complexity index is 873. The van der Waals surface area contributed by atoms with Gasteiger partial charge < -0.3 is 4.74 Å². The first kappa shape index (κ1) is 13.3. The van der Waals surface area contributed by atoms with Gasteiger partial charge in [-0.25, -0.2) is 8.42 Å². The average Bonchev–Trinajstić information content (AvgIpc) is 2.94. The fourth-order valence-electron chi connectivity index (χ4n) is 1.73. The summed E-state index contributed by atoms with van der Waals surface area (Å²) in [6, 6.07) is 9.20. The maximum Gasteiger partial charge on any atom is 0.263 e. The largest absolute Gasteiger partial charge is 0.497 e. The van der Waals surface area contributed by atoms with Crippen molar-refractivity contribution in [3.05, 3.63) is 42.7 Å². The summed E-state index contributed by atoms with van der Waals surface area (Å²) in [7, 11) is -2.20. The lowest BCUT2D eigenvalue weighted by Gasteiger charge is -2.08. The smallest absolute Gasteiger partial charge is 0.263 e. The van der Waals surface area contributed by atoms with Gasteiger partial charge in [0.15, 0.2) is 11.5 Å². The van der Waals surface area contributed by atoms with E-state index < -0.39 is 10.0 Å². The highest BCUT2D eigenvalue weighted by molar-refractivity contribution is 7.92. The summed E-state index contributed by atoms with van der Waals surface area (Å²) in [5.74, 6) is 0.760. The highest BCUT2D eigenvalue weighted by Gasteiger charge is 2.15. The van der Waals surface area contributed by atoms with Crippen molar-refractivity contribution in [2.75, 3.05) is 11.8 Å². The van der Waals surface area contributed by atoms with Gasteiger partial charge in [-0.3, -0.25) is 4.72 Å². The van der Waals surface area contributed by atoms with Crippen LogP contribution >= 0.6 is 0 Å². The number of hydrogen-bond donors (Lipinski definition) is 1. The Morgan fingerprint density at radius 2 is 1.90 bits per heavy atom. The van der Waals surface area contributed by atoms with E-state index in [0.29, 0.717) is 11.4 Å². The Labute approximate surface area is 120 Å². The lowest BCUT2D eigenvalue weighted by atomic mass is 10.3. The zero-order chi connectivity index (χ0) is 14.9. The van der Waals surface area contributed by atoms with E-state index in [9.17, 15) is 8.42 Å². The Hall–Kier alpha value is -2.68. The molecule has 2 aromatic heterocycles. The number of benzene rings is 1. The van der Waals surface area contributed by atoms with Crippen molar-refractivity contribution < 1.29 is 13.2 Å². The predicted molar refractivity (Wildman–Crippen MR) is 74.6 cm³/mol. The molecule has 21 heavy (non-hydrogen) atoms. The van der Waals surface area contributed by atoms with Crippen LogP contribution in [-0.2, 0) is 10.0 Å². The van der Waals surface area contributed by atoms with Gasteiger partial charge in [-0.2, -0.15) is 4.52 Å². The molecule has 1 N–H and O–H groups in total. The van der Waals surface area contributed by atoms with Crippen LogP contribution in [0.1, 0.15) is 0 Å². The number of hydrogen-bond acceptors (Lipinski definition) is 6. The van der Waals surface area contributed by atoms with Crippen molar-refractivity contribution in [1.82, 2.24) is 19.8 Å². The quantitative estimate of drug-likeness (QED) is 0.770. The monoisotopic (exact) mass is 305 g/mol. The van der Waals surface area contributed by atoms with Crippen LogP contribution in [0.25, 0.3) is 5.65 Å². The van der Waals surface area contributed by atoms with Gasteiger partial charge in [-0.05, 0) is 36.4 Å². The van der Waals surface area contributed by atoms with Crippen molar-refractivity contribution in [1.29, 1.82) is 0 Å². The number of nitrogens with zero attached hydrogens (tertiary/aromatic N) is 4. The maximum atomic E-state index is 12.2. The summed E-state index contributed by atoms with van der Waals surface area (Å²) in [4.78, 5) is 0.119. The van der Waals surface area contributed by atoms with Gasteiger partial charge in [-0.15, -0.1) is 15.3 Å². The minimum atomic E-state index is -3.71. The molecule has 0 saturated heterocycles. The normalized spacial score (nSPS) is 11.5. The summed E-state index contributed by atoms with van der Waals surface area (Å²) in [6.07, 6.45) is 1.39. The van der Waals surface area contributed by atoms with Crippen LogP contribution < -0.4 is 9.46 Å². The Balaban J connectivity index is 1.90. The van der Waals surface area contributed by atoms with Crippen molar-refractivity contribution >= 4 is 21.5 Å². The number of sulfonamides is 1. The van der Waals surface area contributed by atoms with Crippen LogP contribution in [0.4, 0.5) is 5.82 Å². The molecule has 9 heteroatoms. The number of fused-ring (bicyclic) bond motifs is 1. The fourth-order valence-corrected chi connectivity index (χ4v) is 2.73. The Morgan fingerprint density at radius 3 is 2.62 bits per heavy atom. The number of ether oxygens (including phenoxy) is 1. The molecular formula is C12H11N5O3S. The first-order valence-corrected chi connectivity index (χ1v) is 7.41. The maximum absolute atomic E-state index is 12.2. The molecular weight excluding hydrogens is 294 g/mol. The summed E-state index contributed by atoms with van der Waals surface area (Å²) in [5.41, 5.74) is 0.530. The molecule has 1 aromatic carbocycles. The fraction of sp³-hybridized carbons (Fsp3) is 0.0833. The van der Waals surface area contributed by atoms with Crippen molar-refractivity contribution in [2.24, 2.45) is 0 Å². The number of methoxy groups -OCH3 is 1. The van der Waals surface area contributed by atoms with Gasteiger partial charge >= 0.3 is 0 Å². The third-order valence-corrected chi connectivity index (χ3v) is 4.14. The first-order valence-electron chi connectivity index (χ1n) is 5.92. The van der Waals surface area contributed by atoms with E-state index in [1.165, 1.54) is 36.2 Å². The number of anilines is 1. The van der Waals surface area contributed by atoms with Crippen LogP contribution in [0.3, 0.4) is 0 Å². The summed E-state index contributed by atoms with van der Waals surface area (Å²) >= 11 is 0. The molecule has 0 radical (unpaired) electrons. The molecule has 0 fully saturated rings. The highest BCUT2D eigenvalue weighted by atomic mass is 32.2. The Kier molecular flexibility index (Phi) is 3.18. The van der Waals surface area contributed by atoms with E-state index in [4.69, 9.17) is 4.74 Å². The van der Waals surface area contributed by atoms with Gasteiger partial charge in [0.25, 0.3) is 10.0 Å². The molecule has 0 saturated carbocycles. The molecule has 108 valence electrons. The third kappa shape index (κ3) is 2.63. The molecule has 0 aliphatic rings. The highest BCUT2D eigenvalue weighted by Crippen LogP contribution is 2.18. The SMILES string of the molecule is COc1ccc(S(=O)(=O)Nc2ccc3nncn3n2)cc1. The van der Waals surface area contributed by atoms with E-state index in [1.54, 1.807) is 18.2 Å². The first-order chi connectivity index (χ1) is 10.1. The van der Waals surface area contributed by atoms with Gasteiger partial charge in [-0.1, -0.05) is 0 Å². The molecule has 0 amide bonds. The molecule has 2 heterocycles. The van der Waals surface area contributed by atoms with Crippen molar-refractivity contribution in [2.45, 2.75) is 4.90 Å². The zero-order valence-electron chi connectivity index (χ0n) is 11.0. The molecule has 3 rings (SSSR count). The van der Waals surface area contributed by atoms with E-state index in [-0.39, 0.29) is 10.7 Å². The lowest BCUT2D eigenvalue weighted by Crippen LogP contribution is -2.14. The Morgan fingerprint density at radius 1 is 1.14 bits per heavy atom. The minimum Gasteiger partial charge on any atom is -0.497 e. The van der Waals surface area contributed by atoms with Crippen molar-refractivity contribution in [3.8, 4) is 5.75 Å². The van der Waals surface area contributed by atoms with Crippen LogP contribution in [0.15, 0.2) is 47.6 Å². The van der Waals surface area contributed by atoms with Gasteiger partial charge in [0.05, 0.1) is 12.0 Å². The van der Waals surface area contributed by atoms with Gasteiger partial charge in [0, 0.05) is 0 Å². The van der Waals surface area contributed by atoms with Crippen molar-refractivity contribution in [3.63, 3.8) is 0 Å². The zero-order valence-corrected chi connectivity index (χ0v) is 11.8. The van der Waals surface area contributed by atoms with E-state index >= 15 is 0 Å². The second-order valence-corrected chi connectivity index (χ2v) is 5.82. The summed E-state index contributed by atoms with van der Waals surface area (Å²) in [6.45, 7) is 0. The van der Waals surface area contributed by atoms with Crippen LogP contribution in [0, 0.1) is 0 Å². The molecule has 0 aliphatic carbocycles. The van der Waals surface area contributed by atoms with Crippen LogP contribution in [-0.4, -0.2) is 35.3 Å². The van der Waals surface area contributed by atoms with Gasteiger partial charge in [0.2, 0.25) is 0 Å². The molecule has 3 aromatic rings. The van der Waals surface area contributed by atoms with Gasteiger partial charge in [0.1, 0.15) is 12.1 Å². The molecule has 0 unspecified atom stereocenters. The standard InChI is InChI=1S/C12H11N5O3S/c1-20-9-2-4-10(5-3-9)21(18,19)16-11-6-7-12-14-13-8-17(12)15-11/h2-8H,1H3,(H,15,16). The predicted octanol–water partition coefficient (Wildman–Crippen LogP) is 0.934. The third-order valence-electron chi connectivity index (χ3n) is 2.77. The average molecular weight is 305 g/mol. The second kappa shape index (κ2) is 5.02. The van der Waals surface area contributed by atoms with E-state index in [2.05, 4.69) is 20.0 Å². The molecule has 0 bridgehead atoms. The van der Waals surface area contributed by atoms with E-state index in [1.807, 2.05) is 0 Å². The molecule has 0 atom stereocenters. The summed E-state index contributed by atoms with van der Waals surface area (Å²) in [5, 5.41) is 11.5. The summed E-state index contributed by atoms with van der Waals surface area (Å²) < 4.78 is 33.3. The molecule has 0 spiro atoms. The number of rotatable bonds is 4. The van der Waals surface area contributed by atoms with E-state index in [0.717, 1.165) is 0 Å². The lowest BCUT2D eigenvalue weighted by molar-refractivity contribution is 0.414. The topological polar surface area (TPSA) is 98.5 Å².